The number of piperazine rings is 1. The van der Waals surface area contributed by atoms with E-state index >= 15 is 0 Å². The van der Waals surface area contributed by atoms with Crippen LogP contribution in [0.4, 0.5) is 10.1 Å². The monoisotopic (exact) mass is 477 g/mol. The van der Waals surface area contributed by atoms with Gasteiger partial charge in [-0.3, -0.25) is 9.69 Å². The summed E-state index contributed by atoms with van der Waals surface area (Å²) in [5.74, 6) is 1.29. The van der Waals surface area contributed by atoms with Crippen LogP contribution in [0, 0.1) is 5.82 Å². The van der Waals surface area contributed by atoms with Crippen molar-refractivity contribution in [2.75, 3.05) is 51.5 Å². The number of ether oxygens (including phenoxy) is 3. The number of methoxy groups -OCH3 is 1. The van der Waals surface area contributed by atoms with Crippen molar-refractivity contribution < 1.29 is 23.4 Å². The van der Waals surface area contributed by atoms with E-state index in [9.17, 15) is 9.18 Å². The normalized spacial score (nSPS) is 16.1. The number of hydrogen-bond acceptors (Lipinski definition) is 6. The molecule has 3 aromatic carbocycles. The fraction of sp³-hybridized carbons (Fsp3) is 0.296. The van der Waals surface area contributed by atoms with E-state index < -0.39 is 11.7 Å². The summed E-state index contributed by atoms with van der Waals surface area (Å²) in [6.45, 7) is 3.84. The van der Waals surface area contributed by atoms with Gasteiger partial charge in [-0.2, -0.15) is 0 Å². The molecule has 0 spiro atoms. The zero-order valence-corrected chi connectivity index (χ0v) is 19.6. The predicted octanol–water partition coefficient (Wildman–Crippen LogP) is 3.86. The maximum Gasteiger partial charge on any atom is 0.254 e. The van der Waals surface area contributed by atoms with Crippen LogP contribution in [0.2, 0.25) is 0 Å². The summed E-state index contributed by atoms with van der Waals surface area (Å²) in [6, 6.07) is 19.9. The Hall–Kier alpha value is -3.78. The molecule has 0 aromatic heterocycles. The van der Waals surface area contributed by atoms with Crippen molar-refractivity contribution in [2.45, 2.75) is 6.04 Å². The lowest BCUT2D eigenvalue weighted by molar-refractivity contribution is 0.0926. The molecule has 2 aliphatic heterocycles. The molecule has 1 fully saturated rings. The molecule has 8 heteroatoms. The van der Waals surface area contributed by atoms with Gasteiger partial charge in [-0.15, -0.1) is 0 Å². The van der Waals surface area contributed by atoms with Gasteiger partial charge in [0.15, 0.2) is 11.5 Å². The summed E-state index contributed by atoms with van der Waals surface area (Å²) in [5.41, 5.74) is 2.21. The van der Waals surface area contributed by atoms with Gasteiger partial charge < -0.3 is 24.4 Å². The molecule has 0 unspecified atom stereocenters. The van der Waals surface area contributed by atoms with Crippen molar-refractivity contribution in [3.05, 3.63) is 83.7 Å². The topological polar surface area (TPSA) is 63.3 Å². The van der Waals surface area contributed by atoms with E-state index in [1.807, 2.05) is 30.3 Å². The molecule has 182 valence electrons. The average Bonchev–Trinajstić information content (AvgIpc) is 3.37. The molecule has 0 saturated carbocycles. The minimum absolute atomic E-state index is 0.0428. The van der Waals surface area contributed by atoms with E-state index in [0.29, 0.717) is 18.0 Å². The molecule has 2 heterocycles. The largest absolute Gasteiger partial charge is 0.497 e. The second-order valence-corrected chi connectivity index (χ2v) is 8.54. The highest BCUT2D eigenvalue weighted by Crippen LogP contribution is 2.36. The highest BCUT2D eigenvalue weighted by Gasteiger charge is 2.28. The van der Waals surface area contributed by atoms with Gasteiger partial charge in [-0.05, 0) is 54.1 Å². The number of nitrogens with one attached hydrogen (secondary N) is 1. The summed E-state index contributed by atoms with van der Waals surface area (Å²) in [6.07, 6.45) is 0. The molecule has 3 aromatic rings. The fourth-order valence-corrected chi connectivity index (χ4v) is 4.59. The van der Waals surface area contributed by atoms with Crippen LogP contribution in [0.15, 0.2) is 66.7 Å². The molecule has 0 bridgehead atoms. The number of amides is 1. The molecular formula is C27H28FN3O4. The summed E-state index contributed by atoms with van der Waals surface area (Å²) in [4.78, 5) is 17.4. The van der Waals surface area contributed by atoms with Gasteiger partial charge in [-0.25, -0.2) is 4.39 Å². The van der Waals surface area contributed by atoms with Gasteiger partial charge in [-0.1, -0.05) is 18.2 Å². The number of carbonyl (C=O) groups excluding carboxylic acids is 1. The highest BCUT2D eigenvalue weighted by molar-refractivity contribution is 5.94. The molecule has 0 radical (unpaired) electrons. The minimum Gasteiger partial charge on any atom is -0.497 e. The Morgan fingerprint density at radius 3 is 2.49 bits per heavy atom. The van der Waals surface area contributed by atoms with E-state index in [4.69, 9.17) is 14.2 Å². The summed E-state index contributed by atoms with van der Waals surface area (Å²) in [5, 5.41) is 2.94. The number of halogens is 1. The number of nitrogens with zero attached hydrogens (tertiary/aromatic N) is 2. The van der Waals surface area contributed by atoms with Gasteiger partial charge in [0.2, 0.25) is 6.79 Å². The molecule has 5 rings (SSSR count). The third-order valence-electron chi connectivity index (χ3n) is 6.55. The summed E-state index contributed by atoms with van der Waals surface area (Å²) < 4.78 is 30.4. The second kappa shape index (κ2) is 10.2. The molecule has 1 atom stereocenters. The van der Waals surface area contributed by atoms with Crippen LogP contribution < -0.4 is 24.4 Å². The van der Waals surface area contributed by atoms with Crippen LogP contribution in [0.5, 0.6) is 17.2 Å². The number of anilines is 1. The van der Waals surface area contributed by atoms with E-state index in [0.717, 1.165) is 43.2 Å². The van der Waals surface area contributed by atoms with Crippen molar-refractivity contribution in [3.63, 3.8) is 0 Å². The number of rotatable bonds is 7. The van der Waals surface area contributed by atoms with Gasteiger partial charge in [0.25, 0.3) is 5.91 Å². The van der Waals surface area contributed by atoms with Crippen LogP contribution in [-0.2, 0) is 0 Å². The molecule has 2 aliphatic rings. The third kappa shape index (κ3) is 5.02. The number of benzene rings is 3. The highest BCUT2D eigenvalue weighted by atomic mass is 19.1. The Labute approximate surface area is 204 Å². The Morgan fingerprint density at radius 1 is 1.00 bits per heavy atom. The van der Waals surface area contributed by atoms with Crippen LogP contribution in [-0.4, -0.2) is 57.4 Å². The average molecular weight is 478 g/mol. The lowest BCUT2D eigenvalue weighted by Crippen LogP contribution is -2.50. The summed E-state index contributed by atoms with van der Waals surface area (Å²) >= 11 is 0. The molecule has 35 heavy (non-hydrogen) atoms. The first-order valence-corrected chi connectivity index (χ1v) is 11.7. The summed E-state index contributed by atoms with van der Waals surface area (Å²) in [7, 11) is 1.66. The fourth-order valence-electron chi connectivity index (χ4n) is 4.59. The van der Waals surface area contributed by atoms with Crippen molar-refractivity contribution in [1.29, 1.82) is 0 Å². The van der Waals surface area contributed by atoms with Crippen molar-refractivity contribution in [1.82, 2.24) is 10.2 Å². The first-order valence-electron chi connectivity index (χ1n) is 11.7. The van der Waals surface area contributed by atoms with Crippen LogP contribution in [0.1, 0.15) is 22.0 Å². The van der Waals surface area contributed by atoms with Gasteiger partial charge in [0, 0.05) is 38.4 Å². The van der Waals surface area contributed by atoms with E-state index in [-0.39, 0.29) is 18.4 Å². The molecular weight excluding hydrogens is 449 g/mol. The van der Waals surface area contributed by atoms with Crippen molar-refractivity contribution in [2.24, 2.45) is 0 Å². The lowest BCUT2D eigenvalue weighted by atomic mass is 10.0. The zero-order valence-electron chi connectivity index (χ0n) is 19.6. The van der Waals surface area contributed by atoms with E-state index in [1.54, 1.807) is 19.2 Å². The first kappa shape index (κ1) is 23.0. The maximum absolute atomic E-state index is 14.1. The second-order valence-electron chi connectivity index (χ2n) is 8.54. The smallest absolute Gasteiger partial charge is 0.254 e. The quantitative estimate of drug-likeness (QED) is 0.558. The number of hydrogen-bond donors (Lipinski definition) is 1. The van der Waals surface area contributed by atoms with Crippen LogP contribution >= 0.6 is 0 Å². The van der Waals surface area contributed by atoms with Crippen molar-refractivity contribution >= 4 is 11.6 Å². The minimum atomic E-state index is -0.530. The predicted molar refractivity (Wildman–Crippen MR) is 131 cm³/mol. The number of carbonyl (C=O) groups is 1. The maximum atomic E-state index is 14.1. The Morgan fingerprint density at radius 2 is 1.74 bits per heavy atom. The Balaban J connectivity index is 1.31. The molecule has 1 saturated heterocycles. The van der Waals surface area contributed by atoms with E-state index in [2.05, 4.69) is 27.2 Å². The Bertz CT molecular complexity index is 1180. The van der Waals surface area contributed by atoms with E-state index in [1.165, 1.54) is 12.1 Å². The van der Waals surface area contributed by atoms with Crippen molar-refractivity contribution in [3.8, 4) is 17.2 Å². The zero-order chi connectivity index (χ0) is 24.2. The molecule has 0 aliphatic carbocycles. The number of fused-ring (bicyclic) bond motifs is 1. The lowest BCUT2D eigenvalue weighted by Gasteiger charge is -2.40. The molecule has 7 nitrogen and oxygen atoms in total. The SMILES string of the molecule is COc1ccc(N2CCN([C@@H](CNC(=O)c3ccccc3F)c3ccc4c(c3)OCO4)CC2)cc1. The van der Waals surface area contributed by atoms with Gasteiger partial charge >= 0.3 is 0 Å². The van der Waals surface area contributed by atoms with Crippen LogP contribution in [0.25, 0.3) is 0 Å². The third-order valence-corrected chi connectivity index (χ3v) is 6.55. The van der Waals surface area contributed by atoms with Crippen LogP contribution in [0.3, 0.4) is 0 Å². The van der Waals surface area contributed by atoms with Gasteiger partial charge in [0.1, 0.15) is 11.6 Å². The Kier molecular flexibility index (Phi) is 6.72. The first-order chi connectivity index (χ1) is 17.1. The molecule has 1 N–H and O–H groups in total. The van der Waals surface area contributed by atoms with Gasteiger partial charge in [0.05, 0.1) is 18.7 Å². The standard InChI is InChI=1S/C27H28FN3O4/c1-33-21-9-7-20(8-10-21)30-12-14-31(15-13-30)24(19-6-11-25-26(16-19)35-18-34-25)17-29-27(32)22-4-2-3-5-23(22)28/h2-11,16,24H,12-15,17-18H2,1H3,(H,29,32)/t24-/m0/s1. The molecule has 1 amide bonds.